The zero-order valence-corrected chi connectivity index (χ0v) is 12.1. The van der Waals surface area contributed by atoms with Crippen LogP contribution in [0.25, 0.3) is 0 Å². The second-order valence-corrected chi connectivity index (χ2v) is 5.36. The fourth-order valence-electron chi connectivity index (χ4n) is 1.86. The third kappa shape index (κ3) is 4.81. The summed E-state index contributed by atoms with van der Waals surface area (Å²) in [5, 5.41) is 0. The molecular formula is C13H18INO2. The molecule has 1 aliphatic heterocycles. The maximum atomic E-state index is 5.72. The molecule has 0 saturated carbocycles. The zero-order chi connectivity index (χ0) is 11.9. The monoisotopic (exact) mass is 347 g/mol. The van der Waals surface area contributed by atoms with Gasteiger partial charge in [0.1, 0.15) is 5.75 Å². The fraction of sp³-hybridized carbons (Fsp3) is 0.538. The molecule has 1 aromatic rings. The van der Waals surface area contributed by atoms with Gasteiger partial charge in [-0.05, 0) is 47.2 Å². The lowest BCUT2D eigenvalue weighted by molar-refractivity contribution is 0.0358. The van der Waals surface area contributed by atoms with Gasteiger partial charge in [0.2, 0.25) is 0 Å². The fourth-order valence-corrected chi connectivity index (χ4v) is 2.37. The van der Waals surface area contributed by atoms with E-state index in [0.29, 0.717) is 0 Å². The van der Waals surface area contributed by atoms with Crippen molar-refractivity contribution in [3.05, 3.63) is 27.8 Å². The van der Waals surface area contributed by atoms with Crippen LogP contribution < -0.4 is 4.74 Å². The highest BCUT2D eigenvalue weighted by atomic mass is 127. The number of benzene rings is 1. The van der Waals surface area contributed by atoms with Crippen LogP contribution in [0, 0.1) is 3.57 Å². The highest BCUT2D eigenvalue weighted by molar-refractivity contribution is 14.1. The molecular weight excluding hydrogens is 329 g/mol. The number of ether oxygens (including phenoxy) is 2. The summed E-state index contributed by atoms with van der Waals surface area (Å²) in [6, 6.07) is 8.17. The van der Waals surface area contributed by atoms with Crippen LogP contribution >= 0.6 is 22.6 Å². The Morgan fingerprint density at radius 1 is 1.29 bits per heavy atom. The van der Waals surface area contributed by atoms with Gasteiger partial charge in [-0.3, -0.25) is 4.90 Å². The number of hydrogen-bond donors (Lipinski definition) is 0. The predicted octanol–water partition coefficient (Wildman–Crippen LogP) is 2.39. The molecule has 0 bridgehead atoms. The van der Waals surface area contributed by atoms with Crippen molar-refractivity contribution in [3.8, 4) is 5.75 Å². The molecule has 94 valence electrons. The summed E-state index contributed by atoms with van der Waals surface area (Å²) < 4.78 is 12.2. The molecule has 1 fully saturated rings. The van der Waals surface area contributed by atoms with E-state index in [4.69, 9.17) is 9.47 Å². The lowest BCUT2D eigenvalue weighted by atomic mass is 10.3. The molecule has 4 heteroatoms. The lowest BCUT2D eigenvalue weighted by Crippen LogP contribution is -2.37. The van der Waals surface area contributed by atoms with Gasteiger partial charge < -0.3 is 9.47 Å². The van der Waals surface area contributed by atoms with E-state index in [0.717, 1.165) is 51.6 Å². The molecule has 1 saturated heterocycles. The van der Waals surface area contributed by atoms with E-state index >= 15 is 0 Å². The molecule has 17 heavy (non-hydrogen) atoms. The van der Waals surface area contributed by atoms with Gasteiger partial charge in [0, 0.05) is 23.2 Å². The number of halogens is 1. The minimum atomic E-state index is 0.789. The van der Waals surface area contributed by atoms with Crippen molar-refractivity contribution in [2.24, 2.45) is 0 Å². The first-order valence-electron chi connectivity index (χ1n) is 6.03. The smallest absolute Gasteiger partial charge is 0.120 e. The Hall–Kier alpha value is -0.330. The summed E-state index contributed by atoms with van der Waals surface area (Å²) in [5.74, 6) is 0.971. The van der Waals surface area contributed by atoms with Gasteiger partial charge in [0.05, 0.1) is 19.8 Å². The van der Waals surface area contributed by atoms with E-state index in [-0.39, 0.29) is 0 Å². The Labute approximate surface area is 116 Å². The third-order valence-corrected chi connectivity index (χ3v) is 3.46. The summed E-state index contributed by atoms with van der Waals surface area (Å²) in [6.07, 6.45) is 1.07. The second kappa shape index (κ2) is 7.18. The van der Waals surface area contributed by atoms with Crippen LogP contribution in [-0.2, 0) is 4.74 Å². The quantitative estimate of drug-likeness (QED) is 0.603. The number of morpholine rings is 1. The van der Waals surface area contributed by atoms with Crippen LogP contribution in [0.4, 0.5) is 0 Å². The Morgan fingerprint density at radius 2 is 2.12 bits per heavy atom. The summed E-state index contributed by atoms with van der Waals surface area (Å²) in [5.41, 5.74) is 0. The summed E-state index contributed by atoms with van der Waals surface area (Å²) in [6.45, 7) is 5.76. The summed E-state index contributed by atoms with van der Waals surface area (Å²) in [7, 11) is 0. The minimum Gasteiger partial charge on any atom is -0.494 e. The van der Waals surface area contributed by atoms with Crippen LogP contribution in [-0.4, -0.2) is 44.4 Å². The maximum Gasteiger partial charge on any atom is 0.120 e. The Balaban J connectivity index is 1.62. The second-order valence-electron chi connectivity index (χ2n) is 4.11. The van der Waals surface area contributed by atoms with Gasteiger partial charge in [0.15, 0.2) is 0 Å². The van der Waals surface area contributed by atoms with E-state index in [2.05, 4.69) is 39.6 Å². The largest absolute Gasteiger partial charge is 0.494 e. The van der Waals surface area contributed by atoms with Crippen LogP contribution in [0.1, 0.15) is 6.42 Å². The van der Waals surface area contributed by atoms with Crippen LogP contribution in [0.2, 0.25) is 0 Å². The number of nitrogens with zero attached hydrogens (tertiary/aromatic N) is 1. The molecule has 0 unspecified atom stereocenters. The van der Waals surface area contributed by atoms with Gasteiger partial charge in [-0.2, -0.15) is 0 Å². The average Bonchev–Trinajstić information content (AvgIpc) is 2.36. The molecule has 1 aliphatic rings. The Bertz CT molecular complexity index is 340. The van der Waals surface area contributed by atoms with Crippen molar-refractivity contribution in [3.63, 3.8) is 0 Å². The predicted molar refractivity (Wildman–Crippen MR) is 76.5 cm³/mol. The third-order valence-electron chi connectivity index (χ3n) is 2.79. The van der Waals surface area contributed by atoms with E-state index in [1.165, 1.54) is 3.57 Å². The normalized spacial score (nSPS) is 17.0. The minimum absolute atomic E-state index is 0.789. The molecule has 0 atom stereocenters. The van der Waals surface area contributed by atoms with Gasteiger partial charge in [-0.1, -0.05) is 6.07 Å². The Morgan fingerprint density at radius 3 is 2.88 bits per heavy atom. The first kappa shape index (κ1) is 13.1. The molecule has 0 aromatic heterocycles. The molecule has 0 spiro atoms. The van der Waals surface area contributed by atoms with Crippen molar-refractivity contribution in [1.82, 2.24) is 4.90 Å². The van der Waals surface area contributed by atoms with Gasteiger partial charge in [-0.25, -0.2) is 0 Å². The van der Waals surface area contributed by atoms with Crippen LogP contribution in [0.3, 0.4) is 0 Å². The number of hydrogen-bond acceptors (Lipinski definition) is 3. The van der Waals surface area contributed by atoms with Crippen LogP contribution in [0.15, 0.2) is 24.3 Å². The molecule has 0 radical (unpaired) electrons. The molecule has 1 heterocycles. The van der Waals surface area contributed by atoms with Crippen LogP contribution in [0.5, 0.6) is 5.75 Å². The molecule has 0 N–H and O–H groups in total. The molecule has 0 aliphatic carbocycles. The zero-order valence-electron chi connectivity index (χ0n) is 9.90. The van der Waals surface area contributed by atoms with Crippen molar-refractivity contribution < 1.29 is 9.47 Å². The van der Waals surface area contributed by atoms with E-state index in [9.17, 15) is 0 Å². The topological polar surface area (TPSA) is 21.7 Å². The SMILES string of the molecule is Ic1cccc(OCCCN2CCOCC2)c1. The van der Waals surface area contributed by atoms with Gasteiger partial charge >= 0.3 is 0 Å². The molecule has 1 aromatic carbocycles. The maximum absolute atomic E-state index is 5.72. The summed E-state index contributed by atoms with van der Waals surface area (Å²) >= 11 is 2.30. The Kier molecular flexibility index (Phi) is 5.54. The highest BCUT2D eigenvalue weighted by Crippen LogP contribution is 2.14. The first-order chi connectivity index (χ1) is 8.34. The summed E-state index contributed by atoms with van der Waals surface area (Å²) in [4.78, 5) is 2.43. The van der Waals surface area contributed by atoms with Gasteiger partial charge in [-0.15, -0.1) is 0 Å². The van der Waals surface area contributed by atoms with Crippen molar-refractivity contribution in [1.29, 1.82) is 0 Å². The van der Waals surface area contributed by atoms with Gasteiger partial charge in [0.25, 0.3) is 0 Å². The van der Waals surface area contributed by atoms with E-state index < -0.39 is 0 Å². The first-order valence-corrected chi connectivity index (χ1v) is 7.11. The molecule has 0 amide bonds. The van der Waals surface area contributed by atoms with Crippen molar-refractivity contribution in [2.75, 3.05) is 39.5 Å². The standard InChI is InChI=1S/C13H18INO2/c14-12-3-1-4-13(11-12)17-8-2-5-15-6-9-16-10-7-15/h1,3-4,11H,2,5-10H2. The lowest BCUT2D eigenvalue weighted by Gasteiger charge is -2.26. The molecule has 3 nitrogen and oxygen atoms in total. The molecule has 2 rings (SSSR count). The van der Waals surface area contributed by atoms with E-state index in [1.54, 1.807) is 0 Å². The highest BCUT2D eigenvalue weighted by Gasteiger charge is 2.09. The van der Waals surface area contributed by atoms with E-state index in [1.807, 2.05) is 12.1 Å². The van der Waals surface area contributed by atoms with Crippen molar-refractivity contribution >= 4 is 22.6 Å². The average molecular weight is 347 g/mol. The van der Waals surface area contributed by atoms with Crippen molar-refractivity contribution in [2.45, 2.75) is 6.42 Å². The number of rotatable bonds is 5.